The molecule has 3 rings (SSSR count). The highest BCUT2D eigenvalue weighted by Crippen LogP contribution is 2.20. The minimum Gasteiger partial charge on any atom is -0.497 e. The summed E-state index contributed by atoms with van der Waals surface area (Å²) in [5.41, 5.74) is 4.09. The molecule has 0 fully saturated rings. The summed E-state index contributed by atoms with van der Waals surface area (Å²) in [4.78, 5) is 12.0. The van der Waals surface area contributed by atoms with Gasteiger partial charge in [0, 0.05) is 0 Å². The van der Waals surface area contributed by atoms with E-state index in [0.717, 1.165) is 22.7 Å². The molecule has 0 aliphatic rings. The van der Waals surface area contributed by atoms with Crippen LogP contribution >= 0.6 is 11.8 Å². The molecule has 3 aromatic rings. The Labute approximate surface area is 165 Å². The third-order valence-corrected chi connectivity index (χ3v) is 4.53. The van der Waals surface area contributed by atoms with E-state index in [-0.39, 0.29) is 11.7 Å². The maximum Gasteiger partial charge on any atom is 0.250 e. The van der Waals surface area contributed by atoms with E-state index in [1.54, 1.807) is 25.1 Å². The highest BCUT2D eigenvalue weighted by Gasteiger charge is 2.11. The topological polar surface area (TPSA) is 104 Å². The molecule has 0 unspecified atom stereocenters. The standard InChI is InChI=1S/C18H18N6O3S/c1-26-15-7-3-13(4-8-15)11-19-20-17(25)12-28-18-21-22-23-24(18)14-5-9-16(27-2)10-6-14/h3-11H,12H2,1-2H3,(H,20,25). The van der Waals surface area contributed by atoms with Crippen LogP contribution in [0.15, 0.2) is 58.8 Å². The summed E-state index contributed by atoms with van der Waals surface area (Å²) in [7, 11) is 3.20. The third kappa shape index (κ3) is 5.07. The molecular weight excluding hydrogens is 380 g/mol. The lowest BCUT2D eigenvalue weighted by Gasteiger charge is -2.05. The van der Waals surface area contributed by atoms with Gasteiger partial charge in [-0.2, -0.15) is 9.78 Å². The number of nitrogens with zero attached hydrogens (tertiary/aromatic N) is 5. The van der Waals surface area contributed by atoms with Crippen molar-refractivity contribution in [1.29, 1.82) is 0 Å². The van der Waals surface area contributed by atoms with Crippen LogP contribution in [0, 0.1) is 0 Å². The number of hydrogen-bond acceptors (Lipinski definition) is 8. The number of carbonyl (C=O) groups excluding carboxylic acids is 1. The lowest BCUT2D eigenvalue weighted by molar-refractivity contribution is -0.118. The van der Waals surface area contributed by atoms with E-state index in [1.807, 2.05) is 48.5 Å². The second-order valence-electron chi connectivity index (χ2n) is 5.43. The molecule has 1 amide bonds. The zero-order chi connectivity index (χ0) is 19.8. The van der Waals surface area contributed by atoms with Gasteiger partial charge in [0.25, 0.3) is 5.91 Å². The fraction of sp³-hybridized carbons (Fsp3) is 0.167. The average Bonchev–Trinajstić information content (AvgIpc) is 3.21. The van der Waals surface area contributed by atoms with Crippen LogP contribution in [0.1, 0.15) is 5.56 Å². The summed E-state index contributed by atoms with van der Waals surface area (Å²) in [5.74, 6) is 1.35. The third-order valence-electron chi connectivity index (χ3n) is 3.61. The van der Waals surface area contributed by atoms with Crippen LogP contribution in [0.5, 0.6) is 11.5 Å². The summed E-state index contributed by atoms with van der Waals surface area (Å²) in [6.07, 6.45) is 1.56. The summed E-state index contributed by atoms with van der Waals surface area (Å²) in [6, 6.07) is 14.6. The molecule has 0 saturated carbocycles. The molecule has 0 bridgehead atoms. The van der Waals surface area contributed by atoms with Crippen molar-refractivity contribution in [1.82, 2.24) is 25.6 Å². The lowest BCUT2D eigenvalue weighted by atomic mass is 10.2. The molecule has 0 aliphatic heterocycles. The monoisotopic (exact) mass is 398 g/mol. The van der Waals surface area contributed by atoms with Crippen LogP contribution in [0.3, 0.4) is 0 Å². The van der Waals surface area contributed by atoms with Gasteiger partial charge in [-0.05, 0) is 64.5 Å². The molecule has 0 atom stereocenters. The van der Waals surface area contributed by atoms with Crippen LogP contribution < -0.4 is 14.9 Å². The van der Waals surface area contributed by atoms with Crippen LogP contribution in [0.25, 0.3) is 5.69 Å². The average molecular weight is 398 g/mol. The summed E-state index contributed by atoms with van der Waals surface area (Å²) >= 11 is 1.21. The van der Waals surface area contributed by atoms with Crippen molar-refractivity contribution >= 4 is 23.9 Å². The molecule has 1 N–H and O–H groups in total. The van der Waals surface area contributed by atoms with E-state index in [2.05, 4.69) is 26.1 Å². The molecule has 10 heteroatoms. The summed E-state index contributed by atoms with van der Waals surface area (Å²) < 4.78 is 11.8. The van der Waals surface area contributed by atoms with Gasteiger partial charge < -0.3 is 9.47 Å². The number of aromatic nitrogens is 4. The van der Waals surface area contributed by atoms with E-state index in [0.29, 0.717) is 5.16 Å². The number of rotatable bonds is 8. The van der Waals surface area contributed by atoms with Crippen LogP contribution in [0.4, 0.5) is 0 Å². The SMILES string of the molecule is COc1ccc(C=NNC(=O)CSc2nnnn2-c2ccc(OC)cc2)cc1. The maximum absolute atomic E-state index is 12.0. The van der Waals surface area contributed by atoms with Gasteiger partial charge in [-0.15, -0.1) is 5.10 Å². The number of thioether (sulfide) groups is 1. The van der Waals surface area contributed by atoms with Gasteiger partial charge in [0.2, 0.25) is 5.16 Å². The molecule has 0 saturated heterocycles. The first-order valence-electron chi connectivity index (χ1n) is 8.21. The molecule has 1 aromatic heterocycles. The molecule has 0 spiro atoms. The van der Waals surface area contributed by atoms with Crippen molar-refractivity contribution in [3.63, 3.8) is 0 Å². The summed E-state index contributed by atoms with van der Waals surface area (Å²) in [6.45, 7) is 0. The number of hydrazone groups is 1. The fourth-order valence-electron chi connectivity index (χ4n) is 2.19. The van der Waals surface area contributed by atoms with Crippen LogP contribution in [-0.4, -0.2) is 52.3 Å². The first-order chi connectivity index (χ1) is 13.7. The molecule has 144 valence electrons. The number of carbonyl (C=O) groups is 1. The van der Waals surface area contributed by atoms with Gasteiger partial charge in [-0.3, -0.25) is 4.79 Å². The minimum absolute atomic E-state index is 0.122. The number of nitrogens with one attached hydrogen (secondary N) is 1. The van der Waals surface area contributed by atoms with Crippen molar-refractivity contribution in [2.75, 3.05) is 20.0 Å². The van der Waals surface area contributed by atoms with E-state index in [4.69, 9.17) is 9.47 Å². The Morgan fingerprint density at radius 2 is 1.75 bits per heavy atom. The quantitative estimate of drug-likeness (QED) is 0.351. The van der Waals surface area contributed by atoms with Gasteiger partial charge in [-0.25, -0.2) is 5.43 Å². The Bertz CT molecular complexity index is 941. The smallest absolute Gasteiger partial charge is 0.250 e. The van der Waals surface area contributed by atoms with Crippen LogP contribution in [0.2, 0.25) is 0 Å². The largest absolute Gasteiger partial charge is 0.497 e. The molecule has 0 radical (unpaired) electrons. The van der Waals surface area contributed by atoms with Crippen molar-refractivity contribution in [3.8, 4) is 17.2 Å². The predicted octanol–water partition coefficient (Wildman–Crippen LogP) is 1.92. The van der Waals surface area contributed by atoms with Gasteiger partial charge >= 0.3 is 0 Å². The first kappa shape index (κ1) is 19.4. The second-order valence-corrected chi connectivity index (χ2v) is 6.37. The number of tetrazole rings is 1. The highest BCUT2D eigenvalue weighted by atomic mass is 32.2. The second kappa shape index (κ2) is 9.51. The van der Waals surface area contributed by atoms with Gasteiger partial charge in [-0.1, -0.05) is 11.8 Å². The predicted molar refractivity (Wildman–Crippen MR) is 105 cm³/mol. The molecular formula is C18H18N6O3S. The van der Waals surface area contributed by atoms with Crippen LogP contribution in [-0.2, 0) is 4.79 Å². The maximum atomic E-state index is 12.0. The molecule has 9 nitrogen and oxygen atoms in total. The number of ether oxygens (including phenoxy) is 2. The minimum atomic E-state index is -0.265. The zero-order valence-electron chi connectivity index (χ0n) is 15.3. The van der Waals surface area contributed by atoms with Gasteiger partial charge in [0.1, 0.15) is 11.5 Å². The van der Waals surface area contributed by atoms with Crippen molar-refractivity contribution in [2.45, 2.75) is 5.16 Å². The van der Waals surface area contributed by atoms with E-state index < -0.39 is 0 Å². The molecule has 1 heterocycles. The molecule has 2 aromatic carbocycles. The van der Waals surface area contributed by atoms with Crippen molar-refractivity contribution in [3.05, 3.63) is 54.1 Å². The Morgan fingerprint density at radius 1 is 1.11 bits per heavy atom. The normalized spacial score (nSPS) is 10.8. The van der Waals surface area contributed by atoms with Crippen molar-refractivity contribution in [2.24, 2.45) is 5.10 Å². The van der Waals surface area contributed by atoms with E-state index in [9.17, 15) is 4.79 Å². The van der Waals surface area contributed by atoms with Crippen molar-refractivity contribution < 1.29 is 14.3 Å². The Balaban J connectivity index is 1.53. The van der Waals surface area contributed by atoms with E-state index >= 15 is 0 Å². The number of methoxy groups -OCH3 is 2. The highest BCUT2D eigenvalue weighted by molar-refractivity contribution is 7.99. The number of benzene rings is 2. The molecule has 28 heavy (non-hydrogen) atoms. The Morgan fingerprint density at radius 3 is 2.39 bits per heavy atom. The van der Waals surface area contributed by atoms with E-state index in [1.165, 1.54) is 11.8 Å². The Hall–Kier alpha value is -3.40. The first-order valence-corrected chi connectivity index (χ1v) is 9.19. The number of hydrogen-bond donors (Lipinski definition) is 1. The van der Waals surface area contributed by atoms with Gasteiger partial charge in [0.05, 0.1) is 31.9 Å². The zero-order valence-corrected chi connectivity index (χ0v) is 16.1. The Kier molecular flexibility index (Phi) is 6.58. The van der Waals surface area contributed by atoms with Gasteiger partial charge in [0.15, 0.2) is 0 Å². The molecule has 0 aliphatic carbocycles. The lowest BCUT2D eigenvalue weighted by Crippen LogP contribution is -2.20. The fourth-order valence-corrected chi connectivity index (χ4v) is 2.87. The number of amides is 1. The summed E-state index contributed by atoms with van der Waals surface area (Å²) in [5, 5.41) is 16.0.